The van der Waals surface area contributed by atoms with Gasteiger partial charge in [-0.05, 0) is 13.3 Å². The molecule has 0 aromatic rings. The molecule has 0 aromatic carbocycles. The standard InChI is InChI=1S/C8H14O3/c1-8(6-11-8)5-10-7-2-3-9-4-7/h7H,2-6H2,1H3. The number of hydrogen-bond donors (Lipinski definition) is 0. The van der Waals surface area contributed by atoms with Gasteiger partial charge in [-0.3, -0.25) is 0 Å². The van der Waals surface area contributed by atoms with Crippen LogP contribution in [-0.2, 0) is 14.2 Å². The van der Waals surface area contributed by atoms with Crippen molar-refractivity contribution < 1.29 is 14.2 Å². The van der Waals surface area contributed by atoms with Crippen LogP contribution in [0.25, 0.3) is 0 Å². The number of epoxide rings is 1. The van der Waals surface area contributed by atoms with Gasteiger partial charge in [0.15, 0.2) is 0 Å². The van der Waals surface area contributed by atoms with Crippen LogP contribution in [0.3, 0.4) is 0 Å². The van der Waals surface area contributed by atoms with E-state index in [2.05, 4.69) is 6.92 Å². The Bertz CT molecular complexity index is 136. The van der Waals surface area contributed by atoms with Crippen molar-refractivity contribution in [1.29, 1.82) is 0 Å². The maximum Gasteiger partial charge on any atom is 0.112 e. The van der Waals surface area contributed by atoms with E-state index >= 15 is 0 Å². The number of ether oxygens (including phenoxy) is 3. The van der Waals surface area contributed by atoms with Crippen LogP contribution in [0.2, 0.25) is 0 Å². The third-order valence-corrected chi connectivity index (χ3v) is 2.15. The third kappa shape index (κ3) is 1.92. The number of hydrogen-bond acceptors (Lipinski definition) is 3. The molecule has 2 aliphatic heterocycles. The molecule has 0 spiro atoms. The van der Waals surface area contributed by atoms with Crippen molar-refractivity contribution in [1.82, 2.24) is 0 Å². The zero-order valence-electron chi connectivity index (χ0n) is 6.84. The maximum absolute atomic E-state index is 5.58. The van der Waals surface area contributed by atoms with Gasteiger partial charge in [-0.25, -0.2) is 0 Å². The summed E-state index contributed by atoms with van der Waals surface area (Å²) in [7, 11) is 0. The summed E-state index contributed by atoms with van der Waals surface area (Å²) < 4.78 is 15.9. The average Bonchev–Trinajstić information content (AvgIpc) is 2.53. The minimum Gasteiger partial charge on any atom is -0.379 e. The molecule has 0 saturated carbocycles. The minimum absolute atomic E-state index is 0.0303. The van der Waals surface area contributed by atoms with Crippen LogP contribution in [0.4, 0.5) is 0 Å². The van der Waals surface area contributed by atoms with Gasteiger partial charge in [0.05, 0.1) is 25.9 Å². The molecule has 0 amide bonds. The maximum atomic E-state index is 5.58. The van der Waals surface area contributed by atoms with Crippen molar-refractivity contribution in [2.45, 2.75) is 25.0 Å². The van der Waals surface area contributed by atoms with Gasteiger partial charge >= 0.3 is 0 Å². The van der Waals surface area contributed by atoms with E-state index < -0.39 is 0 Å². The third-order valence-electron chi connectivity index (χ3n) is 2.15. The quantitative estimate of drug-likeness (QED) is 0.563. The molecule has 2 fully saturated rings. The molecular weight excluding hydrogens is 144 g/mol. The molecule has 3 heteroatoms. The lowest BCUT2D eigenvalue weighted by Gasteiger charge is -2.11. The van der Waals surface area contributed by atoms with Crippen molar-refractivity contribution in [3.63, 3.8) is 0 Å². The molecule has 11 heavy (non-hydrogen) atoms. The lowest BCUT2D eigenvalue weighted by Crippen LogP contribution is -2.21. The first-order valence-electron chi connectivity index (χ1n) is 4.12. The van der Waals surface area contributed by atoms with E-state index in [1.165, 1.54) is 0 Å². The summed E-state index contributed by atoms with van der Waals surface area (Å²) in [4.78, 5) is 0. The Morgan fingerprint density at radius 2 is 2.45 bits per heavy atom. The van der Waals surface area contributed by atoms with Crippen LogP contribution in [-0.4, -0.2) is 38.1 Å². The van der Waals surface area contributed by atoms with E-state index in [1.54, 1.807) is 0 Å². The minimum atomic E-state index is 0.0303. The van der Waals surface area contributed by atoms with Crippen LogP contribution < -0.4 is 0 Å². The molecule has 0 bridgehead atoms. The van der Waals surface area contributed by atoms with E-state index in [0.717, 1.165) is 32.8 Å². The highest BCUT2D eigenvalue weighted by molar-refractivity contribution is 4.87. The molecule has 2 unspecified atom stereocenters. The van der Waals surface area contributed by atoms with Gasteiger partial charge in [-0.1, -0.05) is 0 Å². The summed E-state index contributed by atoms with van der Waals surface area (Å²) in [6.07, 6.45) is 1.35. The van der Waals surface area contributed by atoms with Gasteiger partial charge in [0.2, 0.25) is 0 Å². The van der Waals surface area contributed by atoms with E-state index in [0.29, 0.717) is 6.10 Å². The van der Waals surface area contributed by atoms with Gasteiger partial charge in [0.1, 0.15) is 5.60 Å². The van der Waals surface area contributed by atoms with Crippen LogP contribution >= 0.6 is 0 Å². The first-order valence-corrected chi connectivity index (χ1v) is 4.12. The lowest BCUT2D eigenvalue weighted by atomic mass is 10.2. The van der Waals surface area contributed by atoms with Gasteiger partial charge < -0.3 is 14.2 Å². The first-order chi connectivity index (χ1) is 5.29. The zero-order chi connectivity index (χ0) is 7.73. The zero-order valence-corrected chi connectivity index (χ0v) is 6.84. The molecule has 3 nitrogen and oxygen atoms in total. The molecule has 0 radical (unpaired) electrons. The van der Waals surface area contributed by atoms with Crippen molar-refractivity contribution in [3.05, 3.63) is 0 Å². The molecular formula is C8H14O3. The molecule has 64 valence electrons. The molecule has 2 atom stereocenters. The topological polar surface area (TPSA) is 31.0 Å². The van der Waals surface area contributed by atoms with Gasteiger partial charge in [-0.2, -0.15) is 0 Å². The predicted octanol–water partition coefficient (Wildman–Crippen LogP) is 0.581. The van der Waals surface area contributed by atoms with Crippen LogP contribution in [0.1, 0.15) is 13.3 Å². The SMILES string of the molecule is CC1(COC2CCOC2)CO1. The summed E-state index contributed by atoms with van der Waals surface area (Å²) in [5.41, 5.74) is 0.0303. The average molecular weight is 158 g/mol. The van der Waals surface area contributed by atoms with E-state index in [1.807, 2.05) is 0 Å². The highest BCUT2D eigenvalue weighted by Crippen LogP contribution is 2.26. The smallest absolute Gasteiger partial charge is 0.112 e. The fraction of sp³-hybridized carbons (Fsp3) is 1.00. The second kappa shape index (κ2) is 2.73. The molecule has 2 saturated heterocycles. The van der Waals surface area contributed by atoms with Crippen LogP contribution in [0, 0.1) is 0 Å². The van der Waals surface area contributed by atoms with Crippen molar-refractivity contribution >= 4 is 0 Å². The van der Waals surface area contributed by atoms with E-state index in [4.69, 9.17) is 14.2 Å². The normalized spacial score (nSPS) is 42.8. The van der Waals surface area contributed by atoms with Gasteiger partial charge in [0, 0.05) is 6.61 Å². The summed E-state index contributed by atoms with van der Waals surface area (Å²) >= 11 is 0. The van der Waals surface area contributed by atoms with Crippen molar-refractivity contribution in [2.24, 2.45) is 0 Å². The highest BCUT2D eigenvalue weighted by atomic mass is 16.6. The summed E-state index contributed by atoms with van der Waals surface area (Å²) in [6.45, 7) is 5.25. The fourth-order valence-corrected chi connectivity index (χ4v) is 1.15. The van der Waals surface area contributed by atoms with E-state index in [-0.39, 0.29) is 5.60 Å². The second-order valence-electron chi connectivity index (χ2n) is 3.54. The molecule has 2 rings (SSSR count). The summed E-state index contributed by atoms with van der Waals surface area (Å²) in [5, 5.41) is 0. The first kappa shape index (κ1) is 7.53. The van der Waals surface area contributed by atoms with Crippen LogP contribution in [0.5, 0.6) is 0 Å². The molecule has 0 aliphatic carbocycles. The predicted molar refractivity (Wildman–Crippen MR) is 39.5 cm³/mol. The Labute approximate surface area is 66.6 Å². The monoisotopic (exact) mass is 158 g/mol. The Hall–Kier alpha value is -0.120. The Balaban J connectivity index is 1.65. The summed E-state index contributed by atoms with van der Waals surface area (Å²) in [5.74, 6) is 0. The Morgan fingerprint density at radius 3 is 3.00 bits per heavy atom. The molecule has 0 aromatic heterocycles. The second-order valence-corrected chi connectivity index (χ2v) is 3.54. The molecule has 0 N–H and O–H groups in total. The Kier molecular flexibility index (Phi) is 1.87. The molecule has 2 heterocycles. The summed E-state index contributed by atoms with van der Waals surface area (Å²) in [6, 6.07) is 0. The largest absolute Gasteiger partial charge is 0.379 e. The molecule has 2 aliphatic rings. The van der Waals surface area contributed by atoms with Gasteiger partial charge in [-0.15, -0.1) is 0 Å². The van der Waals surface area contributed by atoms with Crippen LogP contribution in [0.15, 0.2) is 0 Å². The van der Waals surface area contributed by atoms with Crippen molar-refractivity contribution in [2.75, 3.05) is 26.4 Å². The highest BCUT2D eigenvalue weighted by Gasteiger charge is 2.40. The van der Waals surface area contributed by atoms with Crippen molar-refractivity contribution in [3.8, 4) is 0 Å². The van der Waals surface area contributed by atoms with E-state index in [9.17, 15) is 0 Å². The van der Waals surface area contributed by atoms with Gasteiger partial charge in [0.25, 0.3) is 0 Å². The number of rotatable bonds is 3. The fourth-order valence-electron chi connectivity index (χ4n) is 1.15. The Morgan fingerprint density at radius 1 is 1.64 bits per heavy atom. The lowest BCUT2D eigenvalue weighted by molar-refractivity contribution is 0.0157.